The zero-order valence-electron chi connectivity index (χ0n) is 26.1. The Hall–Kier alpha value is -6.38. The maximum Gasteiger partial charge on any atom is 0.135 e. The molecule has 0 unspecified atom stereocenters. The second-order valence-electron chi connectivity index (χ2n) is 12.5. The van der Waals surface area contributed by atoms with Crippen LogP contribution in [0.15, 0.2) is 176 Å². The van der Waals surface area contributed by atoms with Crippen LogP contribution >= 0.6 is 0 Å². The molecule has 0 saturated heterocycles. The number of benzene rings is 8. The van der Waals surface area contributed by atoms with E-state index in [0.717, 1.165) is 28.1 Å². The average molecular weight is 612 g/mol. The molecule has 2 heteroatoms. The number of hydrogen-bond donors (Lipinski definition) is 0. The van der Waals surface area contributed by atoms with Crippen molar-refractivity contribution < 1.29 is 4.74 Å². The number of aromatic nitrogens is 1. The summed E-state index contributed by atoms with van der Waals surface area (Å²) in [7, 11) is 0. The van der Waals surface area contributed by atoms with Gasteiger partial charge in [0, 0.05) is 33.0 Å². The van der Waals surface area contributed by atoms with E-state index in [1.165, 1.54) is 66.1 Å². The molecule has 8 aromatic carbocycles. The van der Waals surface area contributed by atoms with Crippen LogP contribution in [0.4, 0.5) is 0 Å². The van der Waals surface area contributed by atoms with Crippen LogP contribution in [0.2, 0.25) is 0 Å². The highest BCUT2D eigenvalue weighted by molar-refractivity contribution is 6.14. The van der Waals surface area contributed by atoms with E-state index in [4.69, 9.17) is 4.74 Å². The molecular formula is C46H29NO. The number of nitrogens with zero attached hydrogens (tertiary/aromatic N) is 1. The molecule has 10 rings (SSSR count). The van der Waals surface area contributed by atoms with Gasteiger partial charge in [-0.05, 0) is 75.2 Å². The van der Waals surface area contributed by atoms with Crippen LogP contribution in [-0.2, 0) is 0 Å². The molecule has 0 radical (unpaired) electrons. The fourth-order valence-electron chi connectivity index (χ4n) is 7.62. The van der Waals surface area contributed by atoms with Crippen molar-refractivity contribution in [1.82, 2.24) is 4.57 Å². The van der Waals surface area contributed by atoms with Gasteiger partial charge < -0.3 is 9.30 Å². The molecule has 0 saturated carbocycles. The van der Waals surface area contributed by atoms with Gasteiger partial charge in [-0.2, -0.15) is 0 Å². The highest BCUT2D eigenvalue weighted by Gasteiger charge is 2.22. The highest BCUT2D eigenvalue weighted by atomic mass is 16.5. The summed E-state index contributed by atoms with van der Waals surface area (Å²) in [6.45, 7) is 0. The molecule has 2 nitrogen and oxygen atoms in total. The Morgan fingerprint density at radius 3 is 1.79 bits per heavy atom. The van der Waals surface area contributed by atoms with Gasteiger partial charge in [-0.1, -0.05) is 140 Å². The zero-order valence-corrected chi connectivity index (χ0v) is 26.1. The Labute approximate surface area is 278 Å². The first-order chi connectivity index (χ1) is 23.8. The maximum atomic E-state index is 6.52. The van der Waals surface area contributed by atoms with Gasteiger partial charge in [-0.25, -0.2) is 0 Å². The summed E-state index contributed by atoms with van der Waals surface area (Å²) in [6, 6.07) is 63.1. The topological polar surface area (TPSA) is 14.2 Å². The van der Waals surface area contributed by atoms with E-state index in [-0.39, 0.29) is 0 Å². The number of ether oxygens (including phenoxy) is 1. The molecule has 0 N–H and O–H groups in total. The Kier molecular flexibility index (Phi) is 5.91. The van der Waals surface area contributed by atoms with Crippen molar-refractivity contribution in [3.63, 3.8) is 0 Å². The lowest BCUT2D eigenvalue weighted by Crippen LogP contribution is -1.98. The lowest BCUT2D eigenvalue weighted by Gasteiger charge is -2.23. The van der Waals surface area contributed by atoms with E-state index in [2.05, 4.69) is 180 Å². The molecule has 9 aromatic rings. The Bertz CT molecular complexity index is 2670. The lowest BCUT2D eigenvalue weighted by atomic mass is 9.89. The summed E-state index contributed by atoms with van der Waals surface area (Å²) >= 11 is 0. The molecule has 224 valence electrons. The first-order valence-electron chi connectivity index (χ1n) is 16.4. The van der Waals surface area contributed by atoms with Crippen molar-refractivity contribution in [3.05, 3.63) is 176 Å². The van der Waals surface area contributed by atoms with Gasteiger partial charge in [0.1, 0.15) is 11.5 Å². The minimum absolute atomic E-state index is 0.897. The molecule has 48 heavy (non-hydrogen) atoms. The van der Waals surface area contributed by atoms with Gasteiger partial charge in [0.15, 0.2) is 0 Å². The minimum Gasteiger partial charge on any atom is -0.456 e. The van der Waals surface area contributed by atoms with Gasteiger partial charge >= 0.3 is 0 Å². The molecule has 1 aromatic heterocycles. The van der Waals surface area contributed by atoms with E-state index in [1.807, 2.05) is 0 Å². The Balaban J connectivity index is 1.10. The summed E-state index contributed by atoms with van der Waals surface area (Å²) in [4.78, 5) is 0. The van der Waals surface area contributed by atoms with Crippen LogP contribution in [0.3, 0.4) is 0 Å². The van der Waals surface area contributed by atoms with Crippen LogP contribution < -0.4 is 4.74 Å². The third-order valence-electron chi connectivity index (χ3n) is 9.82. The zero-order chi connectivity index (χ0) is 31.6. The largest absolute Gasteiger partial charge is 0.456 e. The normalized spacial score (nSPS) is 11.9. The summed E-state index contributed by atoms with van der Waals surface area (Å²) in [6.07, 6.45) is 0. The molecular weight excluding hydrogens is 583 g/mol. The van der Waals surface area contributed by atoms with Crippen LogP contribution in [0.1, 0.15) is 0 Å². The number of para-hydroxylation sites is 3. The van der Waals surface area contributed by atoms with Gasteiger partial charge in [0.25, 0.3) is 0 Å². The summed E-state index contributed by atoms with van der Waals surface area (Å²) in [5.41, 5.74) is 13.1. The predicted molar refractivity (Wildman–Crippen MR) is 200 cm³/mol. The van der Waals surface area contributed by atoms with Crippen molar-refractivity contribution in [2.24, 2.45) is 0 Å². The fourth-order valence-corrected chi connectivity index (χ4v) is 7.62. The molecule has 0 atom stereocenters. The van der Waals surface area contributed by atoms with E-state index >= 15 is 0 Å². The van der Waals surface area contributed by atoms with Crippen molar-refractivity contribution in [1.29, 1.82) is 0 Å². The number of rotatable bonds is 4. The van der Waals surface area contributed by atoms with Crippen LogP contribution in [0.5, 0.6) is 11.5 Å². The van der Waals surface area contributed by atoms with E-state index in [9.17, 15) is 0 Å². The molecule has 0 fully saturated rings. The maximum absolute atomic E-state index is 6.52. The monoisotopic (exact) mass is 611 g/mol. The summed E-state index contributed by atoms with van der Waals surface area (Å²) in [5, 5.41) is 4.88. The van der Waals surface area contributed by atoms with E-state index in [1.54, 1.807) is 0 Å². The first kappa shape index (κ1) is 26.8. The second-order valence-corrected chi connectivity index (χ2v) is 12.5. The van der Waals surface area contributed by atoms with Crippen LogP contribution in [0.25, 0.3) is 82.8 Å². The van der Waals surface area contributed by atoms with E-state index in [0.29, 0.717) is 0 Å². The molecule has 0 bridgehead atoms. The molecule has 0 amide bonds. The van der Waals surface area contributed by atoms with Gasteiger partial charge in [0.2, 0.25) is 0 Å². The van der Waals surface area contributed by atoms with Gasteiger partial charge in [0.05, 0.1) is 11.0 Å². The number of hydrogen-bond acceptors (Lipinski definition) is 1. The molecule has 1 aliphatic heterocycles. The molecule has 0 aliphatic carbocycles. The minimum atomic E-state index is 0.897. The molecule has 0 spiro atoms. The van der Waals surface area contributed by atoms with Crippen molar-refractivity contribution in [3.8, 4) is 61.7 Å². The van der Waals surface area contributed by atoms with Gasteiger partial charge in [-0.15, -0.1) is 0 Å². The smallest absolute Gasteiger partial charge is 0.135 e. The van der Waals surface area contributed by atoms with Crippen molar-refractivity contribution >= 4 is 32.6 Å². The van der Waals surface area contributed by atoms with Crippen molar-refractivity contribution in [2.45, 2.75) is 0 Å². The highest BCUT2D eigenvalue weighted by Crippen LogP contribution is 2.49. The lowest BCUT2D eigenvalue weighted by molar-refractivity contribution is 0.487. The predicted octanol–water partition coefficient (Wildman–Crippen LogP) is 12.7. The Morgan fingerprint density at radius 1 is 0.354 bits per heavy atom. The Morgan fingerprint density at radius 2 is 0.979 bits per heavy atom. The average Bonchev–Trinajstić information content (AvgIpc) is 3.50. The SMILES string of the molecule is c1ccc(-c2ccc3c(c2)-c2cccc4c(-c5ccc(-c6cccc7c8ccccc8n(-c8ccccc8)c67)cc5)ccc(c24)O3)cc1. The van der Waals surface area contributed by atoms with E-state index < -0.39 is 0 Å². The summed E-state index contributed by atoms with van der Waals surface area (Å²) < 4.78 is 8.92. The number of fused-ring (bicyclic) bond motifs is 5. The second kappa shape index (κ2) is 10.6. The third-order valence-corrected chi connectivity index (χ3v) is 9.82. The molecule has 2 heterocycles. The first-order valence-corrected chi connectivity index (χ1v) is 16.4. The molecule has 1 aliphatic rings. The van der Waals surface area contributed by atoms with Gasteiger partial charge in [-0.3, -0.25) is 0 Å². The van der Waals surface area contributed by atoms with Crippen LogP contribution in [0, 0.1) is 0 Å². The van der Waals surface area contributed by atoms with Crippen molar-refractivity contribution in [2.75, 3.05) is 0 Å². The quantitative estimate of drug-likeness (QED) is 0.193. The third kappa shape index (κ3) is 4.06. The standard InChI is InChI=1S/C46H29NO/c1-3-11-30(12-4-1)33-25-27-43-41(29-33)39-18-10-17-38-35(26-28-44(48-43)45(38)39)31-21-23-32(24-22-31)36-16-9-19-40-37-15-7-8-20-42(37)47(46(36)40)34-13-5-2-6-14-34/h1-29H. The fraction of sp³-hybridized carbons (Fsp3) is 0. The summed E-state index contributed by atoms with van der Waals surface area (Å²) in [5.74, 6) is 1.80. The van der Waals surface area contributed by atoms with Crippen LogP contribution in [-0.4, -0.2) is 4.57 Å².